The Morgan fingerprint density at radius 3 is 2.67 bits per heavy atom. The van der Waals surface area contributed by atoms with Crippen LogP contribution in [0.4, 0.5) is 11.5 Å². The molecule has 33 heavy (non-hydrogen) atoms. The molecule has 2 aromatic carbocycles. The molecule has 2 atom stereocenters. The fraction of sp³-hybridized carbons (Fsp3) is 0.143. The number of rotatable bonds is 4. The predicted octanol–water partition coefficient (Wildman–Crippen LogP) is 3.08. The van der Waals surface area contributed by atoms with Crippen molar-refractivity contribution in [1.82, 2.24) is 14.5 Å². The Kier molecular flexibility index (Phi) is 4.28. The highest BCUT2D eigenvalue weighted by Gasteiger charge is 2.39. The van der Waals surface area contributed by atoms with Crippen LogP contribution in [0.3, 0.4) is 0 Å². The van der Waals surface area contributed by atoms with E-state index < -0.39 is 32.5 Å². The van der Waals surface area contributed by atoms with Gasteiger partial charge in [0.15, 0.2) is 17.6 Å². The molecule has 168 valence electrons. The number of anilines is 2. The molecule has 2 aromatic heterocycles. The van der Waals surface area contributed by atoms with Crippen molar-refractivity contribution in [2.45, 2.75) is 12.3 Å². The van der Waals surface area contributed by atoms with Gasteiger partial charge in [0.05, 0.1) is 5.39 Å². The summed E-state index contributed by atoms with van der Waals surface area (Å²) in [5, 5.41) is 27.1. The third-order valence-electron chi connectivity index (χ3n) is 5.78. The number of phosphoric acid groups is 1. The van der Waals surface area contributed by atoms with Crippen LogP contribution in [0.15, 0.2) is 60.4 Å². The molecule has 0 fully saturated rings. The average Bonchev–Trinajstić information content (AvgIpc) is 3.30. The van der Waals surface area contributed by atoms with Gasteiger partial charge in [0, 0.05) is 23.0 Å². The quantitative estimate of drug-likeness (QED) is 0.248. The smallest absolute Gasteiger partial charge is 0.470 e. The first-order valence-electron chi connectivity index (χ1n) is 9.93. The molecule has 0 radical (unpaired) electrons. The molecule has 5 N–H and O–H groups in total. The summed E-state index contributed by atoms with van der Waals surface area (Å²) < 4.78 is 22.6. The minimum atomic E-state index is -4.79. The fourth-order valence-electron chi connectivity index (χ4n) is 4.30. The standard InChI is InChI=1S/C21H17N4O7P/c26-17-15(8-31-33(28,29)30)32-21(18(17)27)25-7-13-12-5-10-3-1-2-4-11(10)6-14(12)24-19-16(13)20(25)23-9-22-19/h1-7,9,18,21,26-27H,8H2,(H,22,23,24)(H2,28,29,30)/t18?,21-/m1/s1. The molecule has 11 nitrogen and oxygen atoms in total. The third kappa shape index (κ3) is 3.17. The van der Waals surface area contributed by atoms with Crippen molar-refractivity contribution >= 4 is 41.1 Å². The SMILES string of the molecule is O=P(O)(O)OCC1=C(O)C(O)[C@H](n2cc3c4c(ncnc42)Nc2cc4ccccc4cc2-3)O1. The molecule has 2 aliphatic heterocycles. The zero-order valence-corrected chi connectivity index (χ0v) is 17.7. The van der Waals surface area contributed by atoms with Crippen LogP contribution < -0.4 is 5.32 Å². The van der Waals surface area contributed by atoms with Crippen LogP contribution in [-0.2, 0) is 13.8 Å². The fourth-order valence-corrected chi connectivity index (χ4v) is 4.59. The Bertz CT molecular complexity index is 1530. The van der Waals surface area contributed by atoms with Crippen LogP contribution in [-0.4, -0.2) is 47.2 Å². The van der Waals surface area contributed by atoms with Crippen LogP contribution in [0.1, 0.15) is 6.23 Å². The lowest BCUT2D eigenvalue weighted by Crippen LogP contribution is -2.22. The van der Waals surface area contributed by atoms with Gasteiger partial charge in [-0.1, -0.05) is 24.3 Å². The molecule has 0 saturated carbocycles. The first-order chi connectivity index (χ1) is 15.8. The average molecular weight is 468 g/mol. The number of hydrogen-bond acceptors (Lipinski definition) is 8. The van der Waals surface area contributed by atoms with E-state index in [2.05, 4.69) is 19.8 Å². The summed E-state index contributed by atoms with van der Waals surface area (Å²) in [5.41, 5.74) is 3.05. The van der Waals surface area contributed by atoms with Crippen molar-refractivity contribution in [1.29, 1.82) is 0 Å². The summed E-state index contributed by atoms with van der Waals surface area (Å²) in [7, 11) is -4.79. The highest BCUT2D eigenvalue weighted by Crippen LogP contribution is 2.47. The number of hydrogen-bond donors (Lipinski definition) is 5. The van der Waals surface area contributed by atoms with Gasteiger partial charge >= 0.3 is 7.82 Å². The topological polar surface area (TPSA) is 159 Å². The summed E-state index contributed by atoms with van der Waals surface area (Å²) in [4.78, 5) is 26.6. The molecule has 0 amide bonds. The van der Waals surface area contributed by atoms with E-state index in [1.165, 1.54) is 6.33 Å². The monoisotopic (exact) mass is 468 g/mol. The molecule has 0 aliphatic carbocycles. The van der Waals surface area contributed by atoms with E-state index in [9.17, 15) is 14.8 Å². The number of aromatic nitrogens is 3. The van der Waals surface area contributed by atoms with Crippen LogP contribution in [0.5, 0.6) is 0 Å². The van der Waals surface area contributed by atoms with E-state index in [0.29, 0.717) is 11.5 Å². The number of fused-ring (bicyclic) bond motifs is 3. The van der Waals surface area contributed by atoms with E-state index in [4.69, 9.17) is 14.5 Å². The Labute approximate surface area is 185 Å². The highest BCUT2D eigenvalue weighted by molar-refractivity contribution is 7.46. The number of ether oxygens (including phenoxy) is 1. The first-order valence-corrected chi connectivity index (χ1v) is 11.5. The normalized spacial score (nSPS) is 19.6. The second kappa shape index (κ2) is 7.01. The van der Waals surface area contributed by atoms with Crippen molar-refractivity contribution in [3.8, 4) is 11.1 Å². The molecule has 6 rings (SSSR count). The molecule has 12 heteroatoms. The molecular weight excluding hydrogens is 451 g/mol. The molecule has 4 heterocycles. The largest absolute Gasteiger partial charge is 0.506 e. The maximum atomic E-state index is 11.0. The minimum absolute atomic E-state index is 0.270. The van der Waals surface area contributed by atoms with E-state index in [1.807, 2.05) is 36.4 Å². The molecule has 1 unspecified atom stereocenters. The van der Waals surface area contributed by atoms with Gasteiger partial charge < -0.3 is 30.1 Å². The molecule has 0 spiro atoms. The number of nitrogens with one attached hydrogen (secondary N) is 1. The summed E-state index contributed by atoms with van der Waals surface area (Å²) in [5.74, 6) is -0.246. The molecule has 0 saturated heterocycles. The van der Waals surface area contributed by atoms with Gasteiger partial charge in [0.1, 0.15) is 24.4 Å². The second-order valence-corrected chi connectivity index (χ2v) is 9.01. The van der Waals surface area contributed by atoms with Crippen LogP contribution in [0.2, 0.25) is 0 Å². The lowest BCUT2D eigenvalue weighted by Gasteiger charge is -2.18. The number of nitrogens with zero attached hydrogens (tertiary/aromatic N) is 3. The number of aliphatic hydroxyl groups is 2. The van der Waals surface area contributed by atoms with Gasteiger partial charge in [-0.3, -0.25) is 9.09 Å². The van der Waals surface area contributed by atoms with Crippen molar-refractivity contribution in [3.05, 3.63) is 60.4 Å². The van der Waals surface area contributed by atoms with E-state index in [-0.39, 0.29) is 5.76 Å². The number of benzene rings is 2. The van der Waals surface area contributed by atoms with Gasteiger partial charge in [0.25, 0.3) is 0 Å². The Morgan fingerprint density at radius 2 is 1.91 bits per heavy atom. The van der Waals surface area contributed by atoms with Gasteiger partial charge in [-0.05, 0) is 22.9 Å². The summed E-state index contributed by atoms with van der Waals surface area (Å²) >= 11 is 0. The van der Waals surface area contributed by atoms with Crippen molar-refractivity contribution in [2.24, 2.45) is 0 Å². The number of phosphoric ester groups is 1. The zero-order chi connectivity index (χ0) is 22.9. The zero-order valence-electron chi connectivity index (χ0n) is 16.8. The molecule has 2 aliphatic rings. The van der Waals surface area contributed by atoms with Crippen LogP contribution >= 0.6 is 7.82 Å². The third-order valence-corrected chi connectivity index (χ3v) is 6.24. The lowest BCUT2D eigenvalue weighted by molar-refractivity contribution is -0.0116. The van der Waals surface area contributed by atoms with Crippen molar-refractivity contribution < 1.29 is 33.8 Å². The lowest BCUT2D eigenvalue weighted by atomic mass is 9.97. The predicted molar refractivity (Wildman–Crippen MR) is 118 cm³/mol. The van der Waals surface area contributed by atoms with Gasteiger partial charge in [-0.25, -0.2) is 14.5 Å². The maximum absolute atomic E-state index is 11.0. The number of aliphatic hydroxyl groups excluding tert-OH is 2. The summed E-state index contributed by atoms with van der Waals surface area (Å²) in [6, 6.07) is 12.0. The van der Waals surface area contributed by atoms with Crippen molar-refractivity contribution in [3.63, 3.8) is 0 Å². The molecule has 4 aromatic rings. The second-order valence-electron chi connectivity index (χ2n) is 7.77. The first kappa shape index (κ1) is 20.2. The van der Waals surface area contributed by atoms with E-state index >= 15 is 0 Å². The van der Waals surface area contributed by atoms with Gasteiger partial charge in [0.2, 0.25) is 6.23 Å². The minimum Gasteiger partial charge on any atom is -0.506 e. The van der Waals surface area contributed by atoms with Gasteiger partial charge in [-0.2, -0.15) is 0 Å². The van der Waals surface area contributed by atoms with E-state index in [0.717, 1.165) is 33.0 Å². The summed E-state index contributed by atoms with van der Waals surface area (Å²) in [6.45, 7) is -0.702. The molecular formula is C21H17N4O7P. The van der Waals surface area contributed by atoms with Gasteiger partial charge in [-0.15, -0.1) is 0 Å². The van der Waals surface area contributed by atoms with Crippen LogP contribution in [0, 0.1) is 0 Å². The van der Waals surface area contributed by atoms with Crippen LogP contribution in [0.25, 0.3) is 32.9 Å². The van der Waals surface area contributed by atoms with Crippen molar-refractivity contribution in [2.75, 3.05) is 11.9 Å². The Hall–Kier alpha value is -3.47. The van der Waals surface area contributed by atoms with E-state index in [1.54, 1.807) is 10.8 Å². The Balaban J connectivity index is 1.46. The highest BCUT2D eigenvalue weighted by atomic mass is 31.2. The maximum Gasteiger partial charge on any atom is 0.470 e. The Morgan fingerprint density at radius 1 is 1.15 bits per heavy atom. The summed E-state index contributed by atoms with van der Waals surface area (Å²) in [6.07, 6.45) is 0.516. The molecule has 0 bridgehead atoms.